The number of anilines is 1. The smallest absolute Gasteiger partial charge is 0.337 e. The number of aromatic nitrogens is 1. The van der Waals surface area contributed by atoms with E-state index in [4.69, 9.17) is 16.7 Å². The van der Waals surface area contributed by atoms with Crippen molar-refractivity contribution in [2.45, 2.75) is 0 Å². The van der Waals surface area contributed by atoms with Crippen molar-refractivity contribution in [3.8, 4) is 0 Å². The number of amides is 1. The second kappa shape index (κ2) is 5.49. The molecule has 19 heavy (non-hydrogen) atoms. The highest BCUT2D eigenvalue weighted by atomic mass is 35.5. The van der Waals surface area contributed by atoms with Crippen LogP contribution >= 0.6 is 11.6 Å². The molecule has 5 nitrogen and oxygen atoms in total. The van der Waals surface area contributed by atoms with Crippen LogP contribution < -0.4 is 5.32 Å². The summed E-state index contributed by atoms with van der Waals surface area (Å²) in [7, 11) is 0. The maximum atomic E-state index is 11.8. The zero-order valence-electron chi connectivity index (χ0n) is 9.63. The minimum Gasteiger partial charge on any atom is -0.478 e. The second-order valence-electron chi connectivity index (χ2n) is 3.70. The molecule has 1 aromatic carbocycles. The number of carbonyl (C=O) groups excluding carboxylic acids is 1. The Bertz CT molecular complexity index is 609. The number of nitrogens with one attached hydrogen (secondary N) is 1. The molecule has 0 aliphatic carbocycles. The van der Waals surface area contributed by atoms with Gasteiger partial charge >= 0.3 is 5.97 Å². The molecule has 0 radical (unpaired) electrons. The molecule has 0 saturated carbocycles. The quantitative estimate of drug-likeness (QED) is 0.903. The first kappa shape index (κ1) is 13.0. The van der Waals surface area contributed by atoms with Crippen molar-refractivity contribution in [1.29, 1.82) is 0 Å². The van der Waals surface area contributed by atoms with E-state index in [0.29, 0.717) is 10.7 Å². The highest BCUT2D eigenvalue weighted by Crippen LogP contribution is 2.14. The minimum atomic E-state index is -1.09. The topological polar surface area (TPSA) is 79.3 Å². The summed E-state index contributed by atoms with van der Waals surface area (Å²) < 4.78 is 0. The second-order valence-corrected chi connectivity index (χ2v) is 4.13. The molecule has 0 spiro atoms. The van der Waals surface area contributed by atoms with Crippen LogP contribution in [0, 0.1) is 0 Å². The number of hydrogen-bond donors (Lipinski definition) is 2. The maximum Gasteiger partial charge on any atom is 0.337 e. The molecule has 1 aromatic heterocycles. The first-order chi connectivity index (χ1) is 9.06. The van der Waals surface area contributed by atoms with Crippen LogP contribution in [0.1, 0.15) is 20.8 Å². The Morgan fingerprint density at radius 2 is 1.79 bits per heavy atom. The van der Waals surface area contributed by atoms with Crippen molar-refractivity contribution in [3.05, 3.63) is 58.9 Å². The summed E-state index contributed by atoms with van der Waals surface area (Å²) in [6.07, 6.45) is 1.14. The molecule has 0 atom stereocenters. The van der Waals surface area contributed by atoms with Crippen molar-refractivity contribution in [2.24, 2.45) is 0 Å². The molecular weight excluding hydrogens is 268 g/mol. The molecule has 2 N–H and O–H groups in total. The van der Waals surface area contributed by atoms with E-state index in [9.17, 15) is 9.59 Å². The third-order valence-corrected chi connectivity index (χ3v) is 2.60. The molecule has 96 valence electrons. The number of carboxylic acids is 1. The van der Waals surface area contributed by atoms with Crippen molar-refractivity contribution in [3.63, 3.8) is 0 Å². The number of carboxylic acid groups (broad SMARTS) is 1. The van der Waals surface area contributed by atoms with Crippen molar-refractivity contribution >= 4 is 29.2 Å². The van der Waals surface area contributed by atoms with Gasteiger partial charge in [-0.2, -0.15) is 0 Å². The first-order valence-corrected chi connectivity index (χ1v) is 5.70. The predicted octanol–water partition coefficient (Wildman–Crippen LogP) is 2.69. The van der Waals surface area contributed by atoms with Gasteiger partial charge in [0.25, 0.3) is 5.91 Å². The molecule has 1 heterocycles. The van der Waals surface area contributed by atoms with Gasteiger partial charge in [0.15, 0.2) is 0 Å². The fourth-order valence-electron chi connectivity index (χ4n) is 1.38. The Morgan fingerprint density at radius 3 is 2.32 bits per heavy atom. The number of nitrogens with zero attached hydrogens (tertiary/aromatic N) is 1. The highest BCUT2D eigenvalue weighted by Gasteiger charge is 2.09. The lowest BCUT2D eigenvalue weighted by molar-refractivity contribution is 0.0696. The molecular formula is C13H9ClN2O3. The van der Waals surface area contributed by atoms with E-state index < -0.39 is 11.9 Å². The van der Waals surface area contributed by atoms with E-state index >= 15 is 0 Å². The Balaban J connectivity index is 2.11. The van der Waals surface area contributed by atoms with Gasteiger partial charge < -0.3 is 10.4 Å². The van der Waals surface area contributed by atoms with Gasteiger partial charge in [-0.15, -0.1) is 0 Å². The number of aromatic carboxylic acids is 1. The van der Waals surface area contributed by atoms with E-state index in [0.717, 1.165) is 6.20 Å². The summed E-state index contributed by atoms with van der Waals surface area (Å²) in [5.41, 5.74) is 0.751. The zero-order chi connectivity index (χ0) is 13.8. The molecule has 0 aliphatic heterocycles. The van der Waals surface area contributed by atoms with Gasteiger partial charge in [0, 0.05) is 16.9 Å². The van der Waals surface area contributed by atoms with Gasteiger partial charge in [-0.25, -0.2) is 4.79 Å². The van der Waals surface area contributed by atoms with Crippen LogP contribution in [-0.2, 0) is 0 Å². The SMILES string of the molecule is O=C(O)c1ccc(C(=O)Nc2ccc(Cl)cc2)nc1. The lowest BCUT2D eigenvalue weighted by atomic mass is 10.2. The summed E-state index contributed by atoms with van der Waals surface area (Å²) in [6, 6.07) is 9.30. The van der Waals surface area contributed by atoms with Crippen molar-refractivity contribution in [1.82, 2.24) is 4.98 Å². The number of pyridine rings is 1. The Hall–Kier alpha value is -2.40. The van der Waals surface area contributed by atoms with Crippen LogP contribution in [0.5, 0.6) is 0 Å². The summed E-state index contributed by atoms with van der Waals surface area (Å²) in [5.74, 6) is -1.50. The Morgan fingerprint density at radius 1 is 1.11 bits per heavy atom. The standard InChI is InChI=1S/C13H9ClN2O3/c14-9-2-4-10(5-3-9)16-12(17)11-6-1-8(7-15-11)13(18)19/h1-7H,(H,16,17)(H,18,19). The summed E-state index contributed by atoms with van der Waals surface area (Å²) in [4.78, 5) is 26.3. The third kappa shape index (κ3) is 3.29. The average Bonchev–Trinajstić information content (AvgIpc) is 2.41. The maximum absolute atomic E-state index is 11.8. The van der Waals surface area contributed by atoms with Crippen LogP contribution in [-0.4, -0.2) is 22.0 Å². The number of halogens is 1. The largest absolute Gasteiger partial charge is 0.478 e. The van der Waals surface area contributed by atoms with Crippen LogP contribution in [0.15, 0.2) is 42.6 Å². The van der Waals surface area contributed by atoms with Gasteiger partial charge in [0.2, 0.25) is 0 Å². The molecule has 0 aliphatic rings. The van der Waals surface area contributed by atoms with E-state index in [1.807, 2.05) is 0 Å². The van der Waals surface area contributed by atoms with E-state index in [1.54, 1.807) is 24.3 Å². The lowest BCUT2D eigenvalue weighted by Crippen LogP contribution is -2.14. The van der Waals surface area contributed by atoms with Crippen molar-refractivity contribution in [2.75, 3.05) is 5.32 Å². The van der Waals surface area contributed by atoms with E-state index in [1.165, 1.54) is 12.1 Å². The molecule has 0 fully saturated rings. The number of rotatable bonds is 3. The van der Waals surface area contributed by atoms with Gasteiger partial charge in [-0.1, -0.05) is 11.6 Å². The minimum absolute atomic E-state index is 0.0306. The molecule has 1 amide bonds. The van der Waals surface area contributed by atoms with E-state index in [-0.39, 0.29) is 11.3 Å². The zero-order valence-corrected chi connectivity index (χ0v) is 10.4. The third-order valence-electron chi connectivity index (χ3n) is 2.35. The summed E-state index contributed by atoms with van der Waals surface area (Å²) in [5, 5.41) is 11.9. The fourth-order valence-corrected chi connectivity index (χ4v) is 1.51. The number of hydrogen-bond acceptors (Lipinski definition) is 3. The average molecular weight is 277 g/mol. The van der Waals surface area contributed by atoms with Gasteiger partial charge in [-0.3, -0.25) is 9.78 Å². The highest BCUT2D eigenvalue weighted by molar-refractivity contribution is 6.30. The molecule has 0 saturated heterocycles. The van der Waals surface area contributed by atoms with Crippen LogP contribution in [0.25, 0.3) is 0 Å². The van der Waals surface area contributed by atoms with Crippen LogP contribution in [0.2, 0.25) is 5.02 Å². The van der Waals surface area contributed by atoms with Crippen LogP contribution in [0.4, 0.5) is 5.69 Å². The monoisotopic (exact) mass is 276 g/mol. The fraction of sp³-hybridized carbons (Fsp3) is 0. The lowest BCUT2D eigenvalue weighted by Gasteiger charge is -2.04. The molecule has 0 bridgehead atoms. The Labute approximate surface area is 113 Å². The van der Waals surface area contributed by atoms with E-state index in [2.05, 4.69) is 10.3 Å². The van der Waals surface area contributed by atoms with Gasteiger partial charge in [0.1, 0.15) is 5.69 Å². The van der Waals surface area contributed by atoms with Crippen LogP contribution in [0.3, 0.4) is 0 Å². The van der Waals surface area contributed by atoms with Gasteiger partial charge in [-0.05, 0) is 36.4 Å². The molecule has 6 heteroatoms. The summed E-state index contributed by atoms with van der Waals surface area (Å²) >= 11 is 5.73. The Kier molecular flexibility index (Phi) is 3.77. The molecule has 2 rings (SSSR count). The predicted molar refractivity (Wildman–Crippen MR) is 70.6 cm³/mol. The summed E-state index contributed by atoms with van der Waals surface area (Å²) in [6.45, 7) is 0. The molecule has 0 unspecified atom stereocenters. The molecule has 2 aromatic rings. The van der Waals surface area contributed by atoms with Crippen molar-refractivity contribution < 1.29 is 14.7 Å². The van der Waals surface area contributed by atoms with Gasteiger partial charge in [0.05, 0.1) is 5.56 Å². The number of benzene rings is 1. The number of carbonyl (C=O) groups is 2. The first-order valence-electron chi connectivity index (χ1n) is 5.32. The normalized spacial score (nSPS) is 9.95.